The Morgan fingerprint density at radius 2 is 1.81 bits per heavy atom. The Bertz CT molecular complexity index is 989. The number of methoxy groups -OCH3 is 1. The van der Waals surface area contributed by atoms with E-state index in [1.807, 2.05) is 48.5 Å². The van der Waals surface area contributed by atoms with Crippen molar-refractivity contribution in [2.24, 2.45) is 0 Å². The van der Waals surface area contributed by atoms with E-state index in [0.29, 0.717) is 26.0 Å². The van der Waals surface area contributed by atoms with Crippen LogP contribution in [0, 0.1) is 0 Å². The summed E-state index contributed by atoms with van der Waals surface area (Å²) in [6.07, 6.45) is 0.861. The first-order chi connectivity index (χ1) is 13.1. The van der Waals surface area contributed by atoms with Gasteiger partial charge in [0.15, 0.2) is 0 Å². The number of hydrogen-bond acceptors (Lipinski definition) is 4. The molecule has 2 aromatic carbocycles. The molecule has 0 spiro atoms. The van der Waals surface area contributed by atoms with Crippen LogP contribution in [-0.4, -0.2) is 24.3 Å². The number of rotatable bonds is 7. The van der Waals surface area contributed by atoms with E-state index in [1.54, 1.807) is 24.7 Å². The number of nitrogens with zero attached hydrogens (tertiary/aromatic N) is 1. The fourth-order valence-corrected chi connectivity index (χ4v) is 3.19. The van der Waals surface area contributed by atoms with Crippen LogP contribution < -0.4 is 10.3 Å². The van der Waals surface area contributed by atoms with Crippen LogP contribution in [0.1, 0.15) is 19.8 Å². The molecule has 0 radical (unpaired) electrons. The van der Waals surface area contributed by atoms with Gasteiger partial charge in [-0.05, 0) is 48.7 Å². The summed E-state index contributed by atoms with van der Waals surface area (Å²) in [5.74, 6) is 0.569. The van der Waals surface area contributed by atoms with Crippen molar-refractivity contribution in [2.75, 3.05) is 13.7 Å². The summed E-state index contributed by atoms with van der Waals surface area (Å²) >= 11 is 0. The zero-order valence-electron chi connectivity index (χ0n) is 15.6. The number of fused-ring (bicyclic) bond motifs is 1. The topological polar surface area (TPSA) is 57.5 Å². The van der Waals surface area contributed by atoms with E-state index in [4.69, 9.17) is 9.47 Å². The lowest BCUT2D eigenvalue weighted by Gasteiger charge is -2.13. The van der Waals surface area contributed by atoms with Crippen LogP contribution in [0.15, 0.2) is 59.4 Å². The summed E-state index contributed by atoms with van der Waals surface area (Å²) in [4.78, 5) is 23.9. The van der Waals surface area contributed by atoms with Crippen molar-refractivity contribution in [3.63, 3.8) is 0 Å². The van der Waals surface area contributed by atoms with Gasteiger partial charge in [0.1, 0.15) is 5.75 Å². The standard InChI is InChI=1S/C22H23NO4/c1-3-27-22(25)8-5-15-23-20-7-4-6-18(19(20)13-14-21(23)24)16-9-11-17(26-2)12-10-16/h4,6-7,9-14H,3,5,8,15H2,1-2H3. The van der Waals surface area contributed by atoms with Gasteiger partial charge in [0, 0.05) is 24.4 Å². The minimum absolute atomic E-state index is 0.0711. The molecule has 0 unspecified atom stereocenters. The summed E-state index contributed by atoms with van der Waals surface area (Å²) in [5.41, 5.74) is 2.89. The van der Waals surface area contributed by atoms with Gasteiger partial charge >= 0.3 is 5.97 Å². The average molecular weight is 365 g/mol. The monoisotopic (exact) mass is 365 g/mol. The van der Waals surface area contributed by atoms with Crippen LogP contribution in [-0.2, 0) is 16.1 Å². The van der Waals surface area contributed by atoms with Crippen LogP contribution in [0.25, 0.3) is 22.0 Å². The first kappa shape index (κ1) is 18.7. The number of carbonyl (C=O) groups is 1. The minimum atomic E-state index is -0.232. The van der Waals surface area contributed by atoms with Crippen molar-refractivity contribution in [1.29, 1.82) is 0 Å². The van der Waals surface area contributed by atoms with Gasteiger partial charge in [0.2, 0.25) is 0 Å². The molecule has 0 saturated carbocycles. The Labute approximate surface area is 158 Å². The molecule has 0 amide bonds. The van der Waals surface area contributed by atoms with Gasteiger partial charge in [0.05, 0.1) is 19.2 Å². The van der Waals surface area contributed by atoms with Crippen molar-refractivity contribution < 1.29 is 14.3 Å². The molecule has 0 fully saturated rings. The second-order valence-electron chi connectivity index (χ2n) is 6.20. The second kappa shape index (κ2) is 8.54. The van der Waals surface area contributed by atoms with E-state index >= 15 is 0 Å². The first-order valence-corrected chi connectivity index (χ1v) is 9.06. The lowest BCUT2D eigenvalue weighted by atomic mass is 10.0. The number of hydrogen-bond donors (Lipinski definition) is 0. The molecule has 3 aromatic rings. The summed E-state index contributed by atoms with van der Waals surface area (Å²) in [7, 11) is 1.64. The molecule has 0 saturated heterocycles. The smallest absolute Gasteiger partial charge is 0.305 e. The highest BCUT2D eigenvalue weighted by Crippen LogP contribution is 2.29. The molecule has 0 N–H and O–H groups in total. The number of aromatic nitrogens is 1. The zero-order chi connectivity index (χ0) is 19.2. The maximum Gasteiger partial charge on any atom is 0.305 e. The number of esters is 1. The Hall–Kier alpha value is -3.08. The number of aryl methyl sites for hydroxylation is 1. The van der Waals surface area contributed by atoms with Gasteiger partial charge in [0.25, 0.3) is 5.56 Å². The molecule has 3 rings (SSSR count). The predicted molar refractivity (Wildman–Crippen MR) is 106 cm³/mol. The van der Waals surface area contributed by atoms with Crippen LogP contribution in [0.5, 0.6) is 5.75 Å². The fraction of sp³-hybridized carbons (Fsp3) is 0.273. The Morgan fingerprint density at radius 3 is 2.52 bits per heavy atom. The molecule has 0 bridgehead atoms. The van der Waals surface area contributed by atoms with Crippen molar-refractivity contribution in [1.82, 2.24) is 4.57 Å². The van der Waals surface area contributed by atoms with E-state index in [2.05, 4.69) is 0 Å². The Morgan fingerprint density at radius 1 is 1.04 bits per heavy atom. The van der Waals surface area contributed by atoms with Crippen LogP contribution >= 0.6 is 0 Å². The second-order valence-corrected chi connectivity index (χ2v) is 6.20. The maximum atomic E-state index is 12.4. The molecule has 1 heterocycles. The van der Waals surface area contributed by atoms with Gasteiger partial charge < -0.3 is 14.0 Å². The Balaban J connectivity index is 1.94. The van der Waals surface area contributed by atoms with Gasteiger partial charge in [-0.1, -0.05) is 24.3 Å². The largest absolute Gasteiger partial charge is 0.497 e. The SMILES string of the molecule is CCOC(=O)CCCn1c(=O)ccc2c(-c3ccc(OC)cc3)cccc21. The molecule has 0 aliphatic carbocycles. The third-order valence-electron chi connectivity index (χ3n) is 4.50. The van der Waals surface area contributed by atoms with Gasteiger partial charge in [-0.2, -0.15) is 0 Å². The highest BCUT2D eigenvalue weighted by atomic mass is 16.5. The fourth-order valence-electron chi connectivity index (χ4n) is 3.19. The lowest BCUT2D eigenvalue weighted by molar-refractivity contribution is -0.143. The highest BCUT2D eigenvalue weighted by Gasteiger charge is 2.09. The maximum absolute atomic E-state index is 12.4. The molecule has 0 aliphatic heterocycles. The number of benzene rings is 2. The van der Waals surface area contributed by atoms with Crippen LogP contribution in [0.4, 0.5) is 0 Å². The molecule has 140 valence electrons. The van der Waals surface area contributed by atoms with E-state index in [1.165, 1.54) is 0 Å². The molecule has 5 heteroatoms. The molecule has 0 aliphatic rings. The van der Waals surface area contributed by atoms with Gasteiger partial charge in [-0.3, -0.25) is 9.59 Å². The van der Waals surface area contributed by atoms with Crippen molar-refractivity contribution in [3.8, 4) is 16.9 Å². The number of carbonyl (C=O) groups excluding carboxylic acids is 1. The number of ether oxygens (including phenoxy) is 2. The van der Waals surface area contributed by atoms with Gasteiger partial charge in [-0.25, -0.2) is 0 Å². The quantitative estimate of drug-likeness (QED) is 0.594. The molecule has 1 aromatic heterocycles. The predicted octanol–water partition coefficient (Wildman–Crippen LogP) is 4.02. The zero-order valence-corrected chi connectivity index (χ0v) is 15.6. The Kier molecular flexibility index (Phi) is 5.91. The summed E-state index contributed by atoms with van der Waals surface area (Å²) < 4.78 is 11.9. The molecule has 0 atom stereocenters. The first-order valence-electron chi connectivity index (χ1n) is 9.06. The third kappa shape index (κ3) is 4.19. The van der Waals surface area contributed by atoms with E-state index in [9.17, 15) is 9.59 Å². The van der Waals surface area contributed by atoms with Crippen LogP contribution in [0.3, 0.4) is 0 Å². The molecule has 27 heavy (non-hydrogen) atoms. The van der Waals surface area contributed by atoms with Crippen molar-refractivity contribution in [2.45, 2.75) is 26.3 Å². The summed E-state index contributed by atoms with van der Waals surface area (Å²) in [6.45, 7) is 2.63. The third-order valence-corrected chi connectivity index (χ3v) is 4.50. The lowest BCUT2D eigenvalue weighted by Crippen LogP contribution is -2.20. The summed E-state index contributed by atoms with van der Waals surface area (Å²) in [6, 6.07) is 17.2. The van der Waals surface area contributed by atoms with E-state index in [-0.39, 0.29) is 11.5 Å². The van der Waals surface area contributed by atoms with E-state index < -0.39 is 0 Å². The molecule has 5 nitrogen and oxygen atoms in total. The van der Waals surface area contributed by atoms with Gasteiger partial charge in [-0.15, -0.1) is 0 Å². The normalized spacial score (nSPS) is 10.7. The van der Waals surface area contributed by atoms with Crippen molar-refractivity contribution >= 4 is 16.9 Å². The summed E-state index contributed by atoms with van der Waals surface area (Å²) in [5, 5.41) is 0.999. The highest BCUT2D eigenvalue weighted by molar-refractivity contribution is 5.94. The van der Waals surface area contributed by atoms with E-state index in [0.717, 1.165) is 27.8 Å². The van der Waals surface area contributed by atoms with Crippen LogP contribution in [0.2, 0.25) is 0 Å². The number of pyridine rings is 1. The molecular weight excluding hydrogens is 342 g/mol. The van der Waals surface area contributed by atoms with Crippen molar-refractivity contribution in [3.05, 3.63) is 65.0 Å². The minimum Gasteiger partial charge on any atom is -0.497 e. The average Bonchev–Trinajstić information content (AvgIpc) is 2.69. The molecular formula is C22H23NO4.